The van der Waals surface area contributed by atoms with E-state index in [-0.39, 0.29) is 11.9 Å². The lowest BCUT2D eigenvalue weighted by Crippen LogP contribution is -2.33. The van der Waals surface area contributed by atoms with Gasteiger partial charge in [0.05, 0.1) is 6.04 Å². The van der Waals surface area contributed by atoms with E-state index in [2.05, 4.69) is 16.4 Å². The number of hydrogen-bond donors (Lipinski definition) is 1. The number of nitrogens with one attached hydrogen (secondary N) is 1. The Morgan fingerprint density at radius 1 is 1.64 bits per heavy atom. The summed E-state index contributed by atoms with van der Waals surface area (Å²) >= 11 is 0. The summed E-state index contributed by atoms with van der Waals surface area (Å²) in [6, 6.07) is -0.0509. The molecule has 0 aromatic rings. The lowest BCUT2D eigenvalue weighted by atomic mass is 10.0. The molecule has 0 saturated carbocycles. The number of aliphatic imine (C=N–C) groups is 1. The molecule has 3 nitrogen and oxygen atoms in total. The van der Waals surface area contributed by atoms with Crippen molar-refractivity contribution in [2.45, 2.75) is 12.5 Å². The number of fused-ring (bicyclic) bond motifs is 1. The fourth-order valence-electron chi connectivity index (χ4n) is 1.59. The highest BCUT2D eigenvalue weighted by atomic mass is 16.1. The van der Waals surface area contributed by atoms with Crippen molar-refractivity contribution in [2.24, 2.45) is 10.9 Å². The van der Waals surface area contributed by atoms with Crippen LogP contribution in [-0.2, 0) is 4.79 Å². The summed E-state index contributed by atoms with van der Waals surface area (Å²) in [6.07, 6.45) is 6.53. The number of hydrogen-bond acceptors (Lipinski definition) is 2. The SMILES string of the molecule is O=C1N=CC=CC2CCNC12. The van der Waals surface area contributed by atoms with Gasteiger partial charge in [0.1, 0.15) is 0 Å². The molecule has 1 amide bonds. The molecule has 0 aromatic heterocycles. The summed E-state index contributed by atoms with van der Waals surface area (Å²) in [5, 5.41) is 3.13. The Kier molecular flexibility index (Phi) is 1.58. The highest BCUT2D eigenvalue weighted by Crippen LogP contribution is 2.19. The summed E-state index contributed by atoms with van der Waals surface area (Å²) in [5.41, 5.74) is 0. The van der Waals surface area contributed by atoms with Crippen LogP contribution < -0.4 is 5.32 Å². The zero-order chi connectivity index (χ0) is 7.68. The van der Waals surface area contributed by atoms with Crippen LogP contribution in [0.25, 0.3) is 0 Å². The lowest BCUT2D eigenvalue weighted by molar-refractivity contribution is -0.119. The van der Waals surface area contributed by atoms with Crippen LogP contribution in [0.1, 0.15) is 6.42 Å². The van der Waals surface area contributed by atoms with E-state index in [0.717, 1.165) is 13.0 Å². The van der Waals surface area contributed by atoms with Crippen LogP contribution in [-0.4, -0.2) is 24.7 Å². The number of nitrogens with zero attached hydrogens (tertiary/aromatic N) is 1. The third-order valence-corrected chi connectivity index (χ3v) is 2.18. The molecule has 11 heavy (non-hydrogen) atoms. The van der Waals surface area contributed by atoms with Gasteiger partial charge in [-0.05, 0) is 19.0 Å². The molecule has 2 aliphatic rings. The maximum atomic E-state index is 11.2. The summed E-state index contributed by atoms with van der Waals surface area (Å²) in [6.45, 7) is 0.931. The van der Waals surface area contributed by atoms with Crippen molar-refractivity contribution in [2.75, 3.05) is 6.54 Å². The van der Waals surface area contributed by atoms with Crippen molar-refractivity contribution >= 4 is 12.1 Å². The van der Waals surface area contributed by atoms with Crippen LogP contribution in [0, 0.1) is 5.92 Å². The molecule has 2 rings (SSSR count). The van der Waals surface area contributed by atoms with Crippen LogP contribution in [0.3, 0.4) is 0 Å². The summed E-state index contributed by atoms with van der Waals surface area (Å²) < 4.78 is 0. The Bertz CT molecular complexity index is 232. The molecule has 2 unspecified atom stereocenters. The monoisotopic (exact) mass is 150 g/mol. The van der Waals surface area contributed by atoms with Crippen LogP contribution in [0.15, 0.2) is 17.1 Å². The van der Waals surface area contributed by atoms with E-state index in [1.54, 1.807) is 6.21 Å². The average molecular weight is 150 g/mol. The molecule has 1 N–H and O–H groups in total. The van der Waals surface area contributed by atoms with Crippen LogP contribution >= 0.6 is 0 Å². The normalized spacial score (nSPS) is 35.5. The molecule has 1 saturated heterocycles. The fraction of sp³-hybridized carbons (Fsp3) is 0.500. The van der Waals surface area contributed by atoms with E-state index in [1.165, 1.54) is 0 Å². The van der Waals surface area contributed by atoms with Gasteiger partial charge in [0, 0.05) is 12.1 Å². The molecule has 2 heterocycles. The van der Waals surface area contributed by atoms with Crippen molar-refractivity contribution in [1.82, 2.24) is 5.32 Å². The molecular formula is C8H10N2O. The molecular weight excluding hydrogens is 140 g/mol. The van der Waals surface area contributed by atoms with Crippen molar-refractivity contribution in [3.05, 3.63) is 12.2 Å². The minimum atomic E-state index is -0.0509. The minimum Gasteiger partial charge on any atom is -0.305 e. The topological polar surface area (TPSA) is 41.5 Å². The molecule has 0 aliphatic carbocycles. The molecule has 2 aliphatic heterocycles. The molecule has 0 spiro atoms. The van der Waals surface area contributed by atoms with E-state index in [9.17, 15) is 4.79 Å². The minimum absolute atomic E-state index is 0.0301. The first-order valence-electron chi connectivity index (χ1n) is 3.86. The second kappa shape index (κ2) is 2.58. The summed E-state index contributed by atoms with van der Waals surface area (Å²) in [5.74, 6) is 0.336. The van der Waals surface area contributed by atoms with Crippen molar-refractivity contribution in [1.29, 1.82) is 0 Å². The second-order valence-electron chi connectivity index (χ2n) is 2.89. The van der Waals surface area contributed by atoms with Gasteiger partial charge in [-0.25, -0.2) is 4.99 Å². The molecule has 58 valence electrons. The maximum Gasteiger partial charge on any atom is 0.263 e. The van der Waals surface area contributed by atoms with Gasteiger partial charge in [0.2, 0.25) is 0 Å². The number of carbonyl (C=O) groups excluding carboxylic acids is 1. The van der Waals surface area contributed by atoms with Crippen molar-refractivity contribution < 1.29 is 4.79 Å². The standard InChI is InChI=1S/C8H10N2O/c11-8-7-6(3-5-9-7)2-1-4-10-8/h1-2,4,6-7,9H,3,5H2. The van der Waals surface area contributed by atoms with E-state index < -0.39 is 0 Å². The number of carbonyl (C=O) groups is 1. The zero-order valence-corrected chi connectivity index (χ0v) is 6.16. The fourth-order valence-corrected chi connectivity index (χ4v) is 1.59. The van der Waals surface area contributed by atoms with Gasteiger partial charge in [-0.2, -0.15) is 0 Å². The molecule has 0 radical (unpaired) electrons. The number of amides is 1. The Balaban J connectivity index is 2.25. The largest absolute Gasteiger partial charge is 0.305 e. The van der Waals surface area contributed by atoms with Gasteiger partial charge in [-0.1, -0.05) is 6.08 Å². The molecule has 0 aromatic carbocycles. The zero-order valence-electron chi connectivity index (χ0n) is 6.16. The highest BCUT2D eigenvalue weighted by molar-refractivity contribution is 5.93. The third-order valence-electron chi connectivity index (χ3n) is 2.18. The van der Waals surface area contributed by atoms with Gasteiger partial charge < -0.3 is 5.32 Å². The second-order valence-corrected chi connectivity index (χ2v) is 2.89. The Labute approximate surface area is 65.2 Å². The van der Waals surface area contributed by atoms with E-state index in [0.29, 0.717) is 5.92 Å². The number of rotatable bonds is 0. The highest BCUT2D eigenvalue weighted by Gasteiger charge is 2.30. The van der Waals surface area contributed by atoms with Crippen molar-refractivity contribution in [3.8, 4) is 0 Å². The van der Waals surface area contributed by atoms with Crippen LogP contribution in [0.4, 0.5) is 0 Å². The first-order chi connectivity index (χ1) is 5.38. The molecule has 2 atom stereocenters. The predicted octanol–water partition coefficient (Wildman–Crippen LogP) is 0.132. The molecule has 1 fully saturated rings. The average Bonchev–Trinajstić information content (AvgIpc) is 2.40. The Morgan fingerprint density at radius 3 is 3.45 bits per heavy atom. The predicted molar refractivity (Wildman–Crippen MR) is 42.5 cm³/mol. The first-order valence-corrected chi connectivity index (χ1v) is 3.86. The van der Waals surface area contributed by atoms with Gasteiger partial charge in [-0.15, -0.1) is 0 Å². The van der Waals surface area contributed by atoms with Gasteiger partial charge in [-0.3, -0.25) is 4.79 Å². The van der Waals surface area contributed by atoms with E-state index >= 15 is 0 Å². The van der Waals surface area contributed by atoms with Crippen LogP contribution in [0.5, 0.6) is 0 Å². The summed E-state index contributed by atoms with van der Waals surface area (Å²) in [7, 11) is 0. The van der Waals surface area contributed by atoms with Gasteiger partial charge in [0.25, 0.3) is 5.91 Å². The van der Waals surface area contributed by atoms with Gasteiger partial charge in [0.15, 0.2) is 0 Å². The Morgan fingerprint density at radius 2 is 2.55 bits per heavy atom. The Hall–Kier alpha value is -0.960. The van der Waals surface area contributed by atoms with Crippen LogP contribution in [0.2, 0.25) is 0 Å². The smallest absolute Gasteiger partial charge is 0.263 e. The third kappa shape index (κ3) is 1.12. The lowest BCUT2D eigenvalue weighted by Gasteiger charge is -2.09. The van der Waals surface area contributed by atoms with E-state index in [4.69, 9.17) is 0 Å². The van der Waals surface area contributed by atoms with Gasteiger partial charge >= 0.3 is 0 Å². The van der Waals surface area contributed by atoms with E-state index in [1.807, 2.05) is 6.08 Å². The van der Waals surface area contributed by atoms with Crippen molar-refractivity contribution in [3.63, 3.8) is 0 Å². The number of allylic oxidation sites excluding steroid dienone is 1. The quantitative estimate of drug-likeness (QED) is 0.533. The summed E-state index contributed by atoms with van der Waals surface area (Å²) in [4.78, 5) is 14.9. The molecule has 0 bridgehead atoms. The first kappa shape index (κ1) is 6.73. The molecule has 3 heteroatoms. The maximum absolute atomic E-state index is 11.2.